The number of ether oxygens (including phenoxy) is 1. The summed E-state index contributed by atoms with van der Waals surface area (Å²) in [6, 6.07) is 7.39. The number of benzene rings is 1. The number of rotatable bonds is 4. The summed E-state index contributed by atoms with van der Waals surface area (Å²) in [6.07, 6.45) is 2.36. The van der Waals surface area contributed by atoms with Gasteiger partial charge in [0, 0.05) is 12.0 Å². The van der Waals surface area contributed by atoms with Crippen LogP contribution in [-0.2, 0) is 4.79 Å². The van der Waals surface area contributed by atoms with Gasteiger partial charge in [0.15, 0.2) is 0 Å². The third-order valence-corrected chi connectivity index (χ3v) is 3.63. The van der Waals surface area contributed by atoms with E-state index in [0.29, 0.717) is 6.42 Å². The fourth-order valence-electron chi connectivity index (χ4n) is 2.65. The first-order valence-electron chi connectivity index (χ1n) is 7.27. The molecule has 1 amide bonds. The zero-order valence-corrected chi connectivity index (χ0v) is 12.5. The van der Waals surface area contributed by atoms with E-state index in [-0.39, 0.29) is 17.6 Å². The summed E-state index contributed by atoms with van der Waals surface area (Å²) in [6.45, 7) is 6.10. The fraction of sp³-hybridized carbons (Fsp3) is 0.562. The van der Waals surface area contributed by atoms with Gasteiger partial charge < -0.3 is 15.8 Å². The zero-order chi connectivity index (χ0) is 14.8. The van der Waals surface area contributed by atoms with E-state index in [9.17, 15) is 4.79 Å². The van der Waals surface area contributed by atoms with Gasteiger partial charge in [-0.3, -0.25) is 4.79 Å². The van der Waals surface area contributed by atoms with Crippen LogP contribution in [-0.4, -0.2) is 17.6 Å². The largest absolute Gasteiger partial charge is 0.487 e. The Labute approximate surface area is 120 Å². The van der Waals surface area contributed by atoms with Gasteiger partial charge in [0.2, 0.25) is 5.91 Å². The second kappa shape index (κ2) is 5.83. The maximum Gasteiger partial charge on any atom is 0.237 e. The van der Waals surface area contributed by atoms with Crippen molar-refractivity contribution in [2.75, 3.05) is 0 Å². The average molecular weight is 276 g/mol. The minimum Gasteiger partial charge on any atom is -0.487 e. The molecule has 0 radical (unpaired) electrons. The van der Waals surface area contributed by atoms with Crippen molar-refractivity contribution in [1.29, 1.82) is 0 Å². The molecule has 0 fully saturated rings. The van der Waals surface area contributed by atoms with Gasteiger partial charge in [-0.2, -0.15) is 0 Å². The Kier molecular flexibility index (Phi) is 4.33. The van der Waals surface area contributed by atoms with Gasteiger partial charge in [0.05, 0.1) is 12.1 Å². The molecule has 1 aliphatic heterocycles. The molecule has 4 nitrogen and oxygen atoms in total. The van der Waals surface area contributed by atoms with E-state index >= 15 is 0 Å². The monoisotopic (exact) mass is 276 g/mol. The van der Waals surface area contributed by atoms with Crippen molar-refractivity contribution >= 4 is 5.91 Å². The predicted octanol–water partition coefficient (Wildman–Crippen LogP) is 2.53. The predicted molar refractivity (Wildman–Crippen MR) is 79.5 cm³/mol. The van der Waals surface area contributed by atoms with Gasteiger partial charge in [-0.15, -0.1) is 0 Å². The number of amides is 1. The highest BCUT2D eigenvalue weighted by molar-refractivity contribution is 5.82. The van der Waals surface area contributed by atoms with Crippen LogP contribution >= 0.6 is 0 Å². The molecule has 4 heteroatoms. The van der Waals surface area contributed by atoms with E-state index < -0.39 is 6.04 Å². The molecule has 1 aromatic rings. The molecular formula is C16H24N2O2. The first kappa shape index (κ1) is 14.9. The lowest BCUT2D eigenvalue weighted by Crippen LogP contribution is -2.46. The number of carbonyl (C=O) groups excluding carboxylic acids is 1. The first-order valence-corrected chi connectivity index (χ1v) is 7.27. The Morgan fingerprint density at radius 1 is 1.50 bits per heavy atom. The lowest BCUT2D eigenvalue weighted by Gasteiger charge is -2.38. The Morgan fingerprint density at radius 2 is 2.20 bits per heavy atom. The van der Waals surface area contributed by atoms with Crippen molar-refractivity contribution in [3.05, 3.63) is 29.8 Å². The molecule has 2 rings (SSSR count). The smallest absolute Gasteiger partial charge is 0.237 e. The maximum atomic E-state index is 12.1. The molecule has 0 aromatic heterocycles. The molecule has 1 aliphatic rings. The number of nitrogens with two attached hydrogens (primary N) is 1. The van der Waals surface area contributed by atoms with Gasteiger partial charge in [-0.05, 0) is 26.3 Å². The third kappa shape index (κ3) is 3.31. The van der Waals surface area contributed by atoms with Crippen molar-refractivity contribution in [2.45, 2.75) is 57.7 Å². The summed E-state index contributed by atoms with van der Waals surface area (Å²) in [5, 5.41) is 3.07. The molecule has 1 heterocycles. The quantitative estimate of drug-likeness (QED) is 0.888. The minimum absolute atomic E-state index is 0.0367. The summed E-state index contributed by atoms with van der Waals surface area (Å²) in [4.78, 5) is 12.1. The summed E-state index contributed by atoms with van der Waals surface area (Å²) < 4.78 is 5.96. The summed E-state index contributed by atoms with van der Waals surface area (Å²) in [5.41, 5.74) is 6.63. The number of hydrogen-bond donors (Lipinski definition) is 2. The Hall–Kier alpha value is -1.55. The van der Waals surface area contributed by atoms with E-state index in [1.54, 1.807) is 0 Å². The molecule has 110 valence electrons. The standard InChI is InChI=1S/C16H24N2O2/c1-4-7-12(17)15(19)18-13-10-16(2,3)20-14-9-6-5-8-11(13)14/h5-6,8-9,12-13H,4,7,10,17H2,1-3H3,(H,18,19). The zero-order valence-electron chi connectivity index (χ0n) is 12.5. The molecule has 0 saturated heterocycles. The van der Waals surface area contributed by atoms with E-state index in [4.69, 9.17) is 10.5 Å². The van der Waals surface area contributed by atoms with Gasteiger partial charge >= 0.3 is 0 Å². The van der Waals surface area contributed by atoms with Gasteiger partial charge in [-0.25, -0.2) is 0 Å². The van der Waals surface area contributed by atoms with Crippen molar-refractivity contribution in [1.82, 2.24) is 5.32 Å². The van der Waals surface area contributed by atoms with Crippen molar-refractivity contribution in [3.8, 4) is 5.75 Å². The molecule has 1 aromatic carbocycles. The SMILES string of the molecule is CCCC(N)C(=O)NC1CC(C)(C)Oc2ccccc21. The second-order valence-electron chi connectivity index (χ2n) is 6.06. The molecule has 2 unspecified atom stereocenters. The third-order valence-electron chi connectivity index (χ3n) is 3.63. The summed E-state index contributed by atoms with van der Waals surface area (Å²) in [5.74, 6) is 0.766. The highest BCUT2D eigenvalue weighted by Crippen LogP contribution is 2.39. The number of fused-ring (bicyclic) bond motifs is 1. The molecule has 3 N–H and O–H groups in total. The number of para-hydroxylation sites is 1. The van der Waals surface area contributed by atoms with Crippen LogP contribution in [0.15, 0.2) is 24.3 Å². The molecule has 0 aliphatic carbocycles. The molecule has 2 atom stereocenters. The highest BCUT2D eigenvalue weighted by Gasteiger charge is 2.34. The minimum atomic E-state index is -0.432. The van der Waals surface area contributed by atoms with Crippen LogP contribution in [0.3, 0.4) is 0 Å². The molecular weight excluding hydrogens is 252 g/mol. The van der Waals surface area contributed by atoms with Gasteiger partial charge in [-0.1, -0.05) is 31.5 Å². The number of carbonyl (C=O) groups is 1. The molecule has 0 bridgehead atoms. The summed E-state index contributed by atoms with van der Waals surface area (Å²) >= 11 is 0. The van der Waals surface area contributed by atoms with Crippen molar-refractivity contribution in [3.63, 3.8) is 0 Å². The maximum absolute atomic E-state index is 12.1. The Balaban J connectivity index is 2.17. The van der Waals surface area contributed by atoms with E-state index in [1.807, 2.05) is 45.0 Å². The van der Waals surface area contributed by atoms with Crippen molar-refractivity contribution < 1.29 is 9.53 Å². The van der Waals surface area contributed by atoms with Crippen LogP contribution in [0.25, 0.3) is 0 Å². The Bertz CT molecular complexity index is 485. The van der Waals surface area contributed by atoms with Crippen LogP contribution < -0.4 is 15.8 Å². The topological polar surface area (TPSA) is 64.4 Å². The normalized spacial score (nSPS) is 21.5. The average Bonchev–Trinajstić information content (AvgIpc) is 2.37. The lowest BCUT2D eigenvalue weighted by molar-refractivity contribution is -0.123. The van der Waals surface area contributed by atoms with E-state index in [1.165, 1.54) is 0 Å². The van der Waals surface area contributed by atoms with Crippen LogP contribution in [0, 0.1) is 0 Å². The second-order valence-corrected chi connectivity index (χ2v) is 6.06. The lowest BCUT2D eigenvalue weighted by atomic mass is 9.89. The van der Waals surface area contributed by atoms with Crippen LogP contribution in [0.4, 0.5) is 0 Å². The fourth-order valence-corrected chi connectivity index (χ4v) is 2.65. The Morgan fingerprint density at radius 3 is 2.90 bits per heavy atom. The van der Waals surface area contributed by atoms with Gasteiger partial charge in [0.25, 0.3) is 0 Å². The van der Waals surface area contributed by atoms with E-state index in [0.717, 1.165) is 24.2 Å². The van der Waals surface area contributed by atoms with Crippen molar-refractivity contribution in [2.24, 2.45) is 5.73 Å². The molecule has 0 saturated carbocycles. The first-order chi connectivity index (χ1) is 9.43. The number of nitrogens with one attached hydrogen (secondary N) is 1. The van der Waals surface area contributed by atoms with Crippen LogP contribution in [0.1, 0.15) is 51.6 Å². The molecule has 0 spiro atoms. The summed E-state index contributed by atoms with van der Waals surface area (Å²) in [7, 11) is 0. The number of hydrogen-bond acceptors (Lipinski definition) is 3. The van der Waals surface area contributed by atoms with Crippen LogP contribution in [0.2, 0.25) is 0 Å². The van der Waals surface area contributed by atoms with Crippen LogP contribution in [0.5, 0.6) is 5.75 Å². The van der Waals surface area contributed by atoms with E-state index in [2.05, 4.69) is 5.32 Å². The highest BCUT2D eigenvalue weighted by atomic mass is 16.5. The van der Waals surface area contributed by atoms with Gasteiger partial charge in [0.1, 0.15) is 11.4 Å². The molecule has 20 heavy (non-hydrogen) atoms.